The maximum absolute atomic E-state index is 10.3. The van der Waals surface area contributed by atoms with E-state index in [-0.39, 0.29) is 6.42 Å². The lowest BCUT2D eigenvalue weighted by molar-refractivity contribution is -0.137. The molecular formula is C18H34O4. The van der Waals surface area contributed by atoms with Crippen LogP contribution >= 0.6 is 0 Å². The Morgan fingerprint density at radius 2 is 1.27 bits per heavy atom. The monoisotopic (exact) mass is 314 g/mol. The second-order valence-electron chi connectivity index (χ2n) is 6.07. The second-order valence-corrected chi connectivity index (χ2v) is 6.07. The van der Waals surface area contributed by atoms with E-state index in [0.29, 0.717) is 0 Å². The van der Waals surface area contributed by atoms with Crippen LogP contribution in [0.2, 0.25) is 0 Å². The van der Waals surface area contributed by atoms with Crippen molar-refractivity contribution in [3.05, 3.63) is 12.2 Å². The fraction of sp³-hybridized carbons (Fsp3) is 0.833. The second kappa shape index (κ2) is 15.0. The minimum Gasteiger partial charge on any atom is -0.481 e. The highest BCUT2D eigenvalue weighted by molar-refractivity contribution is 5.66. The van der Waals surface area contributed by atoms with Gasteiger partial charge < -0.3 is 15.3 Å². The van der Waals surface area contributed by atoms with Gasteiger partial charge in [-0.15, -0.1) is 0 Å². The van der Waals surface area contributed by atoms with Gasteiger partial charge in [0.15, 0.2) is 0 Å². The molecule has 2 atom stereocenters. The summed E-state index contributed by atoms with van der Waals surface area (Å²) in [7, 11) is 0. The molecule has 0 aromatic carbocycles. The van der Waals surface area contributed by atoms with Crippen molar-refractivity contribution in [3.63, 3.8) is 0 Å². The zero-order chi connectivity index (χ0) is 16.6. The molecule has 0 aliphatic carbocycles. The van der Waals surface area contributed by atoms with Gasteiger partial charge in [0.25, 0.3) is 0 Å². The highest BCUT2D eigenvalue weighted by Gasteiger charge is 2.02. The number of aliphatic hydroxyl groups is 2. The Kier molecular flexibility index (Phi) is 14.4. The van der Waals surface area contributed by atoms with E-state index in [2.05, 4.69) is 6.92 Å². The maximum atomic E-state index is 10.3. The van der Waals surface area contributed by atoms with E-state index in [4.69, 9.17) is 5.11 Å². The summed E-state index contributed by atoms with van der Waals surface area (Å²) in [5, 5.41) is 27.9. The molecule has 0 spiro atoms. The van der Waals surface area contributed by atoms with E-state index in [1.807, 2.05) is 0 Å². The summed E-state index contributed by atoms with van der Waals surface area (Å²) in [4.78, 5) is 10.3. The SMILES string of the molecule is CCCC[C@H](O)C=C[C@@H](O)CCCCCCCCCC(=O)O. The number of hydrogen-bond donors (Lipinski definition) is 3. The Morgan fingerprint density at radius 3 is 1.77 bits per heavy atom. The summed E-state index contributed by atoms with van der Waals surface area (Å²) in [6.45, 7) is 2.09. The Bertz CT molecular complexity index is 289. The van der Waals surface area contributed by atoms with E-state index in [9.17, 15) is 15.0 Å². The lowest BCUT2D eigenvalue weighted by Crippen LogP contribution is -2.06. The van der Waals surface area contributed by atoms with Gasteiger partial charge >= 0.3 is 5.97 Å². The van der Waals surface area contributed by atoms with Gasteiger partial charge in [-0.1, -0.05) is 70.4 Å². The first-order valence-corrected chi connectivity index (χ1v) is 8.82. The van der Waals surface area contributed by atoms with Crippen LogP contribution in [0.4, 0.5) is 0 Å². The highest BCUT2D eigenvalue weighted by atomic mass is 16.4. The van der Waals surface area contributed by atoms with Gasteiger partial charge in [-0.05, 0) is 19.3 Å². The summed E-state index contributed by atoms with van der Waals surface area (Å²) in [6, 6.07) is 0. The molecule has 0 aliphatic heterocycles. The summed E-state index contributed by atoms with van der Waals surface area (Å²) < 4.78 is 0. The Hall–Kier alpha value is -0.870. The quantitative estimate of drug-likeness (QED) is 0.315. The van der Waals surface area contributed by atoms with Crippen molar-refractivity contribution in [2.45, 2.75) is 96.2 Å². The van der Waals surface area contributed by atoms with Gasteiger partial charge in [0.2, 0.25) is 0 Å². The van der Waals surface area contributed by atoms with Crippen LogP contribution < -0.4 is 0 Å². The van der Waals surface area contributed by atoms with Crippen molar-refractivity contribution >= 4 is 5.97 Å². The van der Waals surface area contributed by atoms with Crippen LogP contribution in [0.3, 0.4) is 0 Å². The molecule has 0 aromatic rings. The normalized spacial score (nSPS) is 14.3. The lowest BCUT2D eigenvalue weighted by Gasteiger charge is -2.08. The van der Waals surface area contributed by atoms with Gasteiger partial charge in [-0.2, -0.15) is 0 Å². The number of rotatable bonds is 15. The Balaban J connectivity index is 3.39. The van der Waals surface area contributed by atoms with Crippen LogP contribution in [0, 0.1) is 0 Å². The predicted octanol–water partition coefficient (Wildman–Crippen LogP) is 4.05. The number of unbranched alkanes of at least 4 members (excludes halogenated alkanes) is 7. The van der Waals surface area contributed by atoms with Crippen molar-refractivity contribution in [2.75, 3.05) is 0 Å². The van der Waals surface area contributed by atoms with E-state index < -0.39 is 18.2 Å². The molecule has 0 fully saturated rings. The molecule has 0 aliphatic rings. The molecule has 0 rings (SSSR count). The molecule has 3 N–H and O–H groups in total. The topological polar surface area (TPSA) is 77.8 Å². The van der Waals surface area contributed by atoms with Gasteiger partial charge in [0.1, 0.15) is 0 Å². The average molecular weight is 314 g/mol. The molecule has 0 saturated heterocycles. The van der Waals surface area contributed by atoms with Crippen LogP contribution in [0.1, 0.15) is 84.0 Å². The first-order valence-electron chi connectivity index (χ1n) is 8.82. The van der Waals surface area contributed by atoms with Crippen LogP contribution in [0.15, 0.2) is 12.2 Å². The van der Waals surface area contributed by atoms with Gasteiger partial charge in [-0.3, -0.25) is 4.79 Å². The highest BCUT2D eigenvalue weighted by Crippen LogP contribution is 2.11. The molecule has 22 heavy (non-hydrogen) atoms. The van der Waals surface area contributed by atoms with E-state index >= 15 is 0 Å². The molecule has 0 bridgehead atoms. The van der Waals surface area contributed by atoms with Gasteiger partial charge in [0, 0.05) is 6.42 Å². The standard InChI is InChI=1S/C18H34O4/c1-2-3-11-16(19)14-15-17(20)12-9-7-5-4-6-8-10-13-18(21)22/h14-17,19-20H,2-13H2,1H3,(H,21,22)/t16-,17-/m0/s1. The molecule has 0 saturated carbocycles. The summed E-state index contributed by atoms with van der Waals surface area (Å²) >= 11 is 0. The Labute approximate surface area is 135 Å². The number of aliphatic carboxylic acids is 1. The zero-order valence-electron chi connectivity index (χ0n) is 14.0. The molecule has 0 aromatic heterocycles. The fourth-order valence-electron chi connectivity index (χ4n) is 2.38. The van der Waals surface area contributed by atoms with Crippen LogP contribution in [-0.4, -0.2) is 33.5 Å². The first kappa shape index (κ1) is 21.1. The van der Waals surface area contributed by atoms with Crippen molar-refractivity contribution in [1.29, 1.82) is 0 Å². The van der Waals surface area contributed by atoms with Crippen LogP contribution in [0.25, 0.3) is 0 Å². The van der Waals surface area contributed by atoms with Crippen LogP contribution in [-0.2, 0) is 4.79 Å². The van der Waals surface area contributed by atoms with Crippen molar-refractivity contribution in [1.82, 2.24) is 0 Å². The number of aliphatic hydroxyl groups excluding tert-OH is 2. The average Bonchev–Trinajstić information content (AvgIpc) is 2.48. The number of carboxylic acid groups (broad SMARTS) is 1. The number of carbonyl (C=O) groups is 1. The smallest absolute Gasteiger partial charge is 0.303 e. The molecule has 4 nitrogen and oxygen atoms in total. The van der Waals surface area contributed by atoms with Crippen molar-refractivity contribution in [3.8, 4) is 0 Å². The fourth-order valence-corrected chi connectivity index (χ4v) is 2.38. The molecule has 130 valence electrons. The molecule has 0 heterocycles. The summed E-state index contributed by atoms with van der Waals surface area (Å²) in [6.07, 6.45) is 13.7. The minimum atomic E-state index is -0.707. The van der Waals surface area contributed by atoms with E-state index in [1.165, 1.54) is 0 Å². The minimum absolute atomic E-state index is 0.280. The van der Waals surface area contributed by atoms with Crippen molar-refractivity contribution < 1.29 is 20.1 Å². The lowest BCUT2D eigenvalue weighted by atomic mass is 10.0. The number of carboxylic acids is 1. The first-order chi connectivity index (χ1) is 10.6. The molecule has 0 radical (unpaired) electrons. The molecule has 0 unspecified atom stereocenters. The summed E-state index contributed by atoms with van der Waals surface area (Å²) in [5.41, 5.74) is 0. The third kappa shape index (κ3) is 15.5. The largest absolute Gasteiger partial charge is 0.481 e. The third-order valence-electron chi connectivity index (χ3n) is 3.80. The van der Waals surface area contributed by atoms with E-state index in [0.717, 1.165) is 70.6 Å². The van der Waals surface area contributed by atoms with Gasteiger partial charge in [-0.25, -0.2) is 0 Å². The van der Waals surface area contributed by atoms with Crippen molar-refractivity contribution in [2.24, 2.45) is 0 Å². The third-order valence-corrected chi connectivity index (χ3v) is 3.80. The molecule has 0 amide bonds. The predicted molar refractivity (Wildman–Crippen MR) is 89.9 cm³/mol. The maximum Gasteiger partial charge on any atom is 0.303 e. The van der Waals surface area contributed by atoms with Crippen LogP contribution in [0.5, 0.6) is 0 Å². The Morgan fingerprint density at radius 1 is 0.818 bits per heavy atom. The molecule has 4 heteroatoms. The molecular weight excluding hydrogens is 280 g/mol. The van der Waals surface area contributed by atoms with Gasteiger partial charge in [0.05, 0.1) is 12.2 Å². The summed E-state index contributed by atoms with van der Waals surface area (Å²) in [5.74, 6) is -0.707. The zero-order valence-corrected chi connectivity index (χ0v) is 14.0. The number of hydrogen-bond acceptors (Lipinski definition) is 3. The van der Waals surface area contributed by atoms with E-state index in [1.54, 1.807) is 12.2 Å².